The summed E-state index contributed by atoms with van der Waals surface area (Å²) < 4.78 is 0. The fraction of sp³-hybridized carbons (Fsp3) is 0.842. The van der Waals surface area contributed by atoms with Gasteiger partial charge in [-0.3, -0.25) is 19.6 Å². The standard InChI is InChI=1S/C19H37N3O5/c1-11(2)10-12(19(9,26)16(25)22-27)14(23)20-13(17(3,4)5)15(24)21-18(6,7)8/h11-13,26-27H,10H2,1-9H3,(H,20,23)(H,21,24)(H,22,25)/t12-,13?,19-/m0/s1. The minimum Gasteiger partial charge on any atom is -0.379 e. The Morgan fingerprint density at radius 1 is 0.926 bits per heavy atom. The second-order valence-electron chi connectivity index (χ2n) is 9.82. The van der Waals surface area contributed by atoms with E-state index in [1.807, 2.05) is 55.4 Å². The number of carbonyl (C=O) groups excluding carboxylic acids is 3. The van der Waals surface area contributed by atoms with E-state index in [-0.39, 0.29) is 18.2 Å². The van der Waals surface area contributed by atoms with Gasteiger partial charge in [-0.25, -0.2) is 5.48 Å². The van der Waals surface area contributed by atoms with Crippen LogP contribution < -0.4 is 16.1 Å². The predicted octanol–water partition coefficient (Wildman–Crippen LogP) is 1.35. The zero-order valence-electron chi connectivity index (χ0n) is 18.1. The molecule has 0 rings (SSSR count). The molecule has 0 heterocycles. The highest BCUT2D eigenvalue weighted by atomic mass is 16.5. The summed E-state index contributed by atoms with van der Waals surface area (Å²) in [5.41, 5.74) is -1.81. The summed E-state index contributed by atoms with van der Waals surface area (Å²) in [6.07, 6.45) is 0.198. The van der Waals surface area contributed by atoms with Crippen molar-refractivity contribution < 1.29 is 24.7 Å². The van der Waals surface area contributed by atoms with Crippen LogP contribution in [0, 0.1) is 17.3 Å². The van der Waals surface area contributed by atoms with E-state index in [0.29, 0.717) is 0 Å². The van der Waals surface area contributed by atoms with Gasteiger partial charge in [0.15, 0.2) is 5.60 Å². The largest absolute Gasteiger partial charge is 0.379 e. The minimum atomic E-state index is -2.13. The van der Waals surface area contributed by atoms with Gasteiger partial charge in [-0.2, -0.15) is 0 Å². The van der Waals surface area contributed by atoms with E-state index in [1.165, 1.54) is 12.4 Å². The SMILES string of the molecule is CC(C)C[C@@H](C(=O)NC(C(=O)NC(C)(C)C)C(C)(C)C)[C@](C)(O)C(=O)NO. The molecule has 0 fully saturated rings. The second-order valence-corrected chi connectivity index (χ2v) is 9.82. The molecule has 0 aliphatic rings. The zero-order chi connectivity index (χ0) is 21.8. The van der Waals surface area contributed by atoms with Crippen LogP contribution in [0.1, 0.15) is 68.7 Å². The lowest BCUT2D eigenvalue weighted by Crippen LogP contribution is -2.61. The lowest BCUT2D eigenvalue weighted by Gasteiger charge is -2.36. The molecule has 8 heteroatoms. The van der Waals surface area contributed by atoms with E-state index >= 15 is 0 Å². The molecule has 3 amide bonds. The first-order valence-electron chi connectivity index (χ1n) is 9.22. The van der Waals surface area contributed by atoms with E-state index in [1.54, 1.807) is 0 Å². The van der Waals surface area contributed by atoms with Crippen molar-refractivity contribution >= 4 is 17.7 Å². The Morgan fingerprint density at radius 3 is 1.74 bits per heavy atom. The Hall–Kier alpha value is -1.67. The first kappa shape index (κ1) is 25.3. The van der Waals surface area contributed by atoms with Gasteiger partial charge >= 0.3 is 0 Å². The summed E-state index contributed by atoms with van der Waals surface area (Å²) in [6, 6.07) is -0.869. The van der Waals surface area contributed by atoms with E-state index in [4.69, 9.17) is 5.21 Å². The van der Waals surface area contributed by atoms with Crippen molar-refractivity contribution in [1.29, 1.82) is 0 Å². The van der Waals surface area contributed by atoms with Crippen molar-refractivity contribution in [3.05, 3.63) is 0 Å². The first-order chi connectivity index (χ1) is 11.9. The van der Waals surface area contributed by atoms with Crippen LogP contribution >= 0.6 is 0 Å². The Balaban J connectivity index is 5.75. The third kappa shape index (κ3) is 7.84. The molecule has 0 saturated heterocycles. The second kappa shape index (κ2) is 9.01. The third-order valence-corrected chi connectivity index (χ3v) is 4.18. The highest BCUT2D eigenvalue weighted by Crippen LogP contribution is 2.27. The maximum Gasteiger partial charge on any atom is 0.275 e. The zero-order valence-corrected chi connectivity index (χ0v) is 18.1. The quantitative estimate of drug-likeness (QED) is 0.333. The molecule has 0 aliphatic carbocycles. The number of aliphatic hydroxyl groups is 1. The van der Waals surface area contributed by atoms with E-state index in [9.17, 15) is 19.5 Å². The van der Waals surface area contributed by atoms with Crippen LogP contribution in [-0.2, 0) is 14.4 Å². The van der Waals surface area contributed by atoms with Gasteiger partial charge in [0.2, 0.25) is 11.8 Å². The summed E-state index contributed by atoms with van der Waals surface area (Å²) in [5, 5.41) is 25.0. The summed E-state index contributed by atoms with van der Waals surface area (Å²) in [4.78, 5) is 37.6. The normalized spacial score (nSPS) is 16.9. The van der Waals surface area contributed by atoms with Gasteiger partial charge in [-0.15, -0.1) is 0 Å². The molecular weight excluding hydrogens is 350 g/mol. The molecule has 0 spiro atoms. The van der Waals surface area contributed by atoms with Gasteiger partial charge in [0.05, 0.1) is 5.92 Å². The van der Waals surface area contributed by atoms with Crippen molar-refractivity contribution in [2.75, 3.05) is 0 Å². The van der Waals surface area contributed by atoms with Gasteiger partial charge in [-0.1, -0.05) is 34.6 Å². The summed E-state index contributed by atoms with van der Waals surface area (Å²) in [7, 11) is 0. The fourth-order valence-corrected chi connectivity index (χ4v) is 2.69. The fourth-order valence-electron chi connectivity index (χ4n) is 2.69. The number of hydroxylamine groups is 1. The van der Waals surface area contributed by atoms with Crippen LogP contribution in [0.2, 0.25) is 0 Å². The van der Waals surface area contributed by atoms with Crippen LogP contribution in [0.4, 0.5) is 0 Å². The monoisotopic (exact) mass is 387 g/mol. The summed E-state index contributed by atoms with van der Waals surface area (Å²) in [6.45, 7) is 15.8. The van der Waals surface area contributed by atoms with E-state index < -0.39 is 40.3 Å². The molecule has 3 atom stereocenters. The first-order valence-corrected chi connectivity index (χ1v) is 9.22. The Labute approximate surface area is 162 Å². The van der Waals surface area contributed by atoms with E-state index in [2.05, 4.69) is 10.6 Å². The number of amides is 3. The molecule has 0 saturated carbocycles. The van der Waals surface area contributed by atoms with Crippen LogP contribution in [0.5, 0.6) is 0 Å². The van der Waals surface area contributed by atoms with Gasteiger partial charge in [-0.05, 0) is 45.4 Å². The van der Waals surface area contributed by atoms with Crippen molar-refractivity contribution in [3.63, 3.8) is 0 Å². The summed E-state index contributed by atoms with van der Waals surface area (Å²) in [5.74, 6) is -3.19. The van der Waals surface area contributed by atoms with Crippen LogP contribution in [0.25, 0.3) is 0 Å². The van der Waals surface area contributed by atoms with Crippen LogP contribution in [0.3, 0.4) is 0 Å². The van der Waals surface area contributed by atoms with Gasteiger partial charge in [0.1, 0.15) is 6.04 Å². The van der Waals surface area contributed by atoms with Crippen molar-refractivity contribution in [2.24, 2.45) is 17.3 Å². The lowest BCUT2D eigenvalue weighted by molar-refractivity contribution is -0.159. The maximum atomic E-state index is 13.0. The lowest BCUT2D eigenvalue weighted by atomic mass is 9.80. The van der Waals surface area contributed by atoms with Crippen LogP contribution in [0.15, 0.2) is 0 Å². The Bertz CT molecular complexity index is 545. The van der Waals surface area contributed by atoms with E-state index in [0.717, 1.165) is 0 Å². The molecule has 0 aliphatic heterocycles. The Morgan fingerprint density at radius 2 is 1.41 bits per heavy atom. The van der Waals surface area contributed by atoms with Gasteiger partial charge < -0.3 is 15.7 Å². The minimum absolute atomic E-state index is 0.00444. The summed E-state index contributed by atoms with van der Waals surface area (Å²) >= 11 is 0. The highest BCUT2D eigenvalue weighted by molar-refractivity contribution is 5.94. The molecule has 5 N–H and O–H groups in total. The number of hydrogen-bond donors (Lipinski definition) is 5. The molecule has 1 unspecified atom stereocenters. The third-order valence-electron chi connectivity index (χ3n) is 4.18. The van der Waals surface area contributed by atoms with Gasteiger partial charge in [0, 0.05) is 5.54 Å². The average molecular weight is 388 g/mol. The average Bonchev–Trinajstić information content (AvgIpc) is 2.45. The number of carbonyl (C=O) groups is 3. The predicted molar refractivity (Wildman–Crippen MR) is 103 cm³/mol. The molecular formula is C19H37N3O5. The number of rotatable bonds is 7. The number of nitrogens with one attached hydrogen (secondary N) is 3. The molecule has 158 valence electrons. The molecule has 27 heavy (non-hydrogen) atoms. The maximum absolute atomic E-state index is 13.0. The van der Waals surface area contributed by atoms with Crippen molar-refractivity contribution in [3.8, 4) is 0 Å². The number of hydrogen-bond acceptors (Lipinski definition) is 5. The molecule has 8 nitrogen and oxygen atoms in total. The molecule has 0 aromatic rings. The van der Waals surface area contributed by atoms with Crippen molar-refractivity contribution in [2.45, 2.75) is 85.9 Å². The smallest absolute Gasteiger partial charge is 0.275 e. The van der Waals surface area contributed by atoms with Crippen molar-refractivity contribution in [1.82, 2.24) is 16.1 Å². The van der Waals surface area contributed by atoms with Gasteiger partial charge in [0.25, 0.3) is 5.91 Å². The Kier molecular flexibility index (Phi) is 8.46. The topological polar surface area (TPSA) is 128 Å². The molecule has 0 bridgehead atoms. The van der Waals surface area contributed by atoms with Crippen LogP contribution in [-0.4, -0.2) is 45.2 Å². The molecule has 0 radical (unpaired) electrons. The molecule has 0 aromatic heterocycles. The highest BCUT2D eigenvalue weighted by Gasteiger charge is 2.46. The molecule has 0 aromatic carbocycles.